The fraction of sp³-hybridized carbons (Fsp3) is 0.480. The first-order valence-electron chi connectivity index (χ1n) is 11.3. The van der Waals surface area contributed by atoms with Crippen LogP contribution in [0.1, 0.15) is 42.0 Å². The largest absolute Gasteiger partial charge is 0.430 e. The number of alkyl halides is 3. The van der Waals surface area contributed by atoms with Crippen LogP contribution in [0.25, 0.3) is 0 Å². The summed E-state index contributed by atoms with van der Waals surface area (Å²) in [6.07, 6.45) is -2.18. The maximum absolute atomic E-state index is 14.4. The van der Waals surface area contributed by atoms with Gasteiger partial charge in [0.2, 0.25) is 5.91 Å². The Labute approximate surface area is 196 Å². The number of nitrogens with zero attached hydrogens (tertiary/aromatic N) is 2. The highest BCUT2D eigenvalue weighted by molar-refractivity contribution is 5.88. The first kappa shape index (κ1) is 24.2. The Bertz CT molecular complexity index is 1050. The van der Waals surface area contributed by atoms with Gasteiger partial charge in [0.1, 0.15) is 0 Å². The van der Waals surface area contributed by atoms with Crippen molar-refractivity contribution in [3.05, 3.63) is 65.5 Å². The molecule has 9 heteroatoms. The van der Waals surface area contributed by atoms with Gasteiger partial charge in [-0.3, -0.25) is 14.6 Å². The minimum Gasteiger partial charge on any atom is -0.356 e. The summed E-state index contributed by atoms with van der Waals surface area (Å²) >= 11 is 0. The number of aromatic nitrogens is 1. The highest BCUT2D eigenvalue weighted by Crippen LogP contribution is 2.50. The van der Waals surface area contributed by atoms with Crippen molar-refractivity contribution in [2.45, 2.75) is 43.9 Å². The number of carbonyl (C=O) groups is 2. The van der Waals surface area contributed by atoms with E-state index in [-0.39, 0.29) is 36.9 Å². The molecule has 1 unspecified atom stereocenters. The van der Waals surface area contributed by atoms with Crippen molar-refractivity contribution in [1.29, 1.82) is 0 Å². The Morgan fingerprint density at radius 1 is 1.15 bits per heavy atom. The number of amides is 2. The van der Waals surface area contributed by atoms with Gasteiger partial charge in [-0.2, -0.15) is 13.2 Å². The third kappa shape index (κ3) is 3.96. The van der Waals surface area contributed by atoms with Crippen LogP contribution in [0.3, 0.4) is 0 Å². The third-order valence-corrected chi connectivity index (χ3v) is 7.37. The molecule has 1 spiro atoms. The number of likely N-dealkylation sites (tertiary alicyclic amines) is 1. The van der Waals surface area contributed by atoms with Gasteiger partial charge < -0.3 is 15.0 Å². The lowest BCUT2D eigenvalue weighted by Crippen LogP contribution is -2.60. The number of methoxy groups -OCH3 is 1. The molecular weight excluding hydrogens is 447 g/mol. The number of piperidine rings is 2. The summed E-state index contributed by atoms with van der Waals surface area (Å²) < 4.78 is 48.1. The molecule has 1 N–H and O–H groups in total. The Morgan fingerprint density at radius 2 is 1.82 bits per heavy atom. The van der Waals surface area contributed by atoms with Gasteiger partial charge in [-0.1, -0.05) is 36.4 Å². The van der Waals surface area contributed by atoms with E-state index in [0.717, 1.165) is 18.4 Å². The minimum atomic E-state index is -4.95. The number of benzene rings is 1. The van der Waals surface area contributed by atoms with E-state index in [0.29, 0.717) is 19.4 Å². The van der Waals surface area contributed by atoms with E-state index in [1.54, 1.807) is 12.3 Å². The SMILES string of the molecule is CO[C@@](C(=O)N1CCC2(CC1)CC(=O)NCC2c1ncccc1C)(c1ccccc1)C(F)(F)F. The second-order valence-corrected chi connectivity index (χ2v) is 9.14. The van der Waals surface area contributed by atoms with Gasteiger partial charge >= 0.3 is 6.18 Å². The fourth-order valence-electron chi connectivity index (χ4n) is 5.49. The smallest absolute Gasteiger partial charge is 0.356 e. The molecular formula is C25H28F3N3O3. The monoisotopic (exact) mass is 475 g/mol. The lowest BCUT2D eigenvalue weighted by atomic mass is 9.63. The molecule has 4 rings (SSSR count). The Morgan fingerprint density at radius 3 is 2.41 bits per heavy atom. The Balaban J connectivity index is 1.63. The first-order valence-corrected chi connectivity index (χ1v) is 11.3. The maximum Gasteiger partial charge on any atom is 0.430 e. The van der Waals surface area contributed by atoms with Gasteiger partial charge in [-0.15, -0.1) is 0 Å². The number of ether oxygens (including phenoxy) is 1. The number of pyridine rings is 1. The lowest BCUT2D eigenvalue weighted by molar-refractivity contribution is -0.271. The summed E-state index contributed by atoms with van der Waals surface area (Å²) in [4.78, 5) is 31.6. The second kappa shape index (κ2) is 9.02. The minimum absolute atomic E-state index is 0.0763. The van der Waals surface area contributed by atoms with Gasteiger partial charge in [-0.25, -0.2) is 0 Å². The third-order valence-electron chi connectivity index (χ3n) is 7.37. The van der Waals surface area contributed by atoms with Crippen LogP contribution in [0.2, 0.25) is 0 Å². The molecule has 0 saturated carbocycles. The van der Waals surface area contributed by atoms with Crippen LogP contribution in [-0.4, -0.2) is 54.6 Å². The summed E-state index contributed by atoms with van der Waals surface area (Å²) in [5.74, 6) is -1.29. The highest BCUT2D eigenvalue weighted by atomic mass is 19.4. The fourth-order valence-corrected chi connectivity index (χ4v) is 5.49. The predicted octanol–water partition coefficient (Wildman–Crippen LogP) is 3.71. The normalized spacial score (nSPS) is 22.2. The van der Waals surface area contributed by atoms with Crippen molar-refractivity contribution in [3.63, 3.8) is 0 Å². The molecule has 0 aliphatic carbocycles. The zero-order valence-corrected chi connectivity index (χ0v) is 19.2. The Kier molecular flexibility index (Phi) is 6.42. The van der Waals surface area contributed by atoms with E-state index in [9.17, 15) is 22.8 Å². The van der Waals surface area contributed by atoms with E-state index in [1.807, 2.05) is 19.1 Å². The molecule has 1 aromatic heterocycles. The summed E-state index contributed by atoms with van der Waals surface area (Å²) in [6, 6.07) is 10.8. The van der Waals surface area contributed by atoms with Crippen molar-refractivity contribution in [1.82, 2.24) is 15.2 Å². The average molecular weight is 476 g/mol. The number of hydrogen-bond donors (Lipinski definition) is 1. The van der Waals surface area contributed by atoms with Gasteiger partial charge in [0.15, 0.2) is 0 Å². The van der Waals surface area contributed by atoms with Crippen molar-refractivity contribution < 1.29 is 27.5 Å². The van der Waals surface area contributed by atoms with Gasteiger partial charge in [0.25, 0.3) is 11.5 Å². The van der Waals surface area contributed by atoms with Crippen LogP contribution in [0.4, 0.5) is 13.2 Å². The molecule has 2 fully saturated rings. The molecule has 2 saturated heterocycles. The number of aryl methyl sites for hydroxylation is 1. The standard InChI is InChI=1S/C25H28F3N3O3/c1-17-7-6-12-29-21(17)19-16-30-20(32)15-23(19)10-13-31(14-11-23)22(33)24(34-2,25(26,27)28)18-8-4-3-5-9-18/h3-9,12,19H,10-11,13-16H2,1-2H3,(H,30,32)/t19?,24-/m1/s1. The van der Waals surface area contributed by atoms with Gasteiger partial charge in [0, 0.05) is 56.5 Å². The molecule has 1 aromatic carbocycles. The van der Waals surface area contributed by atoms with Crippen LogP contribution >= 0.6 is 0 Å². The molecule has 0 radical (unpaired) electrons. The average Bonchev–Trinajstić information content (AvgIpc) is 2.81. The molecule has 2 aliphatic heterocycles. The van der Waals surface area contributed by atoms with E-state index in [1.165, 1.54) is 29.2 Å². The molecule has 2 atom stereocenters. The quantitative estimate of drug-likeness (QED) is 0.732. The van der Waals surface area contributed by atoms with Crippen LogP contribution in [0.5, 0.6) is 0 Å². The van der Waals surface area contributed by atoms with Crippen LogP contribution in [-0.2, 0) is 19.9 Å². The molecule has 2 aliphatic rings. The van der Waals surface area contributed by atoms with Crippen molar-refractivity contribution >= 4 is 11.8 Å². The topological polar surface area (TPSA) is 71.5 Å². The lowest BCUT2D eigenvalue weighted by Gasteiger charge is -2.50. The summed E-state index contributed by atoms with van der Waals surface area (Å²) in [6.45, 7) is 2.57. The highest BCUT2D eigenvalue weighted by Gasteiger charge is 2.64. The predicted molar refractivity (Wildman–Crippen MR) is 119 cm³/mol. The number of carbonyl (C=O) groups excluding carboxylic acids is 2. The number of halogens is 3. The van der Waals surface area contributed by atoms with E-state index < -0.39 is 23.1 Å². The number of hydrogen-bond acceptors (Lipinski definition) is 4. The molecule has 2 aromatic rings. The van der Waals surface area contributed by atoms with E-state index >= 15 is 0 Å². The second-order valence-electron chi connectivity index (χ2n) is 9.14. The zero-order valence-electron chi connectivity index (χ0n) is 19.2. The molecule has 182 valence electrons. The number of rotatable bonds is 4. The number of nitrogens with one attached hydrogen (secondary N) is 1. The summed E-state index contributed by atoms with van der Waals surface area (Å²) in [7, 11) is 0.912. The van der Waals surface area contributed by atoms with Crippen LogP contribution in [0.15, 0.2) is 48.7 Å². The van der Waals surface area contributed by atoms with Crippen molar-refractivity contribution in [3.8, 4) is 0 Å². The maximum atomic E-state index is 14.4. The summed E-state index contributed by atoms with van der Waals surface area (Å²) in [5, 5.41) is 2.91. The van der Waals surface area contributed by atoms with E-state index in [4.69, 9.17) is 4.74 Å². The van der Waals surface area contributed by atoms with Crippen LogP contribution in [0, 0.1) is 12.3 Å². The van der Waals surface area contributed by atoms with Crippen LogP contribution < -0.4 is 5.32 Å². The molecule has 3 heterocycles. The zero-order chi connectivity index (χ0) is 24.6. The van der Waals surface area contributed by atoms with Crippen molar-refractivity contribution in [2.24, 2.45) is 5.41 Å². The molecule has 6 nitrogen and oxygen atoms in total. The Hall–Kier alpha value is -2.94. The first-order chi connectivity index (χ1) is 16.1. The van der Waals surface area contributed by atoms with E-state index in [2.05, 4.69) is 10.3 Å². The molecule has 0 bridgehead atoms. The van der Waals surface area contributed by atoms with Crippen molar-refractivity contribution in [2.75, 3.05) is 26.7 Å². The molecule has 2 amide bonds. The van der Waals surface area contributed by atoms with Gasteiger partial charge in [-0.05, 0) is 36.8 Å². The van der Waals surface area contributed by atoms with Gasteiger partial charge in [0.05, 0.1) is 0 Å². The molecule has 34 heavy (non-hydrogen) atoms. The summed E-state index contributed by atoms with van der Waals surface area (Å²) in [5.41, 5.74) is -1.93.